The van der Waals surface area contributed by atoms with Crippen molar-refractivity contribution in [2.45, 2.75) is 13.8 Å². The first kappa shape index (κ1) is 19.1. The normalized spacial score (nSPS) is 10.5. The third kappa shape index (κ3) is 3.71. The molecule has 0 radical (unpaired) electrons. The maximum Gasteiger partial charge on any atom is 0.434 e. The van der Waals surface area contributed by atoms with Crippen LogP contribution in [0.1, 0.15) is 13.8 Å². The van der Waals surface area contributed by atoms with Gasteiger partial charge in [0.2, 0.25) is 0 Å². The zero-order valence-electron chi connectivity index (χ0n) is 15.6. The quantitative estimate of drug-likeness (QED) is 0.676. The molecule has 8 nitrogen and oxygen atoms in total. The molecule has 3 rings (SSSR count). The van der Waals surface area contributed by atoms with E-state index in [1.165, 1.54) is 4.90 Å². The van der Waals surface area contributed by atoms with Crippen molar-refractivity contribution in [2.24, 2.45) is 0 Å². The highest BCUT2D eigenvalue weighted by Crippen LogP contribution is 2.21. The molecule has 0 bridgehead atoms. The van der Waals surface area contributed by atoms with Gasteiger partial charge in [0.15, 0.2) is 0 Å². The van der Waals surface area contributed by atoms with Crippen molar-refractivity contribution >= 4 is 23.4 Å². The Hall–Kier alpha value is -3.68. The zero-order valence-corrected chi connectivity index (χ0v) is 15.6. The summed E-state index contributed by atoms with van der Waals surface area (Å²) < 4.78 is 5.62. The van der Waals surface area contributed by atoms with Crippen LogP contribution in [-0.2, 0) is 0 Å². The van der Waals surface area contributed by atoms with Gasteiger partial charge in [0.25, 0.3) is 0 Å². The minimum absolute atomic E-state index is 0.157. The van der Waals surface area contributed by atoms with Gasteiger partial charge in [-0.2, -0.15) is 0 Å². The molecule has 1 heterocycles. The summed E-state index contributed by atoms with van der Waals surface area (Å²) in [5.41, 5.74) is 0.286. The molecule has 0 unspecified atom stereocenters. The van der Waals surface area contributed by atoms with Crippen LogP contribution in [0, 0.1) is 0 Å². The number of amides is 1. The number of aromatic nitrogens is 2. The number of benzene rings is 2. The molecule has 8 heteroatoms. The molecule has 2 aromatic carbocycles. The monoisotopic (exact) mass is 380 g/mol. The van der Waals surface area contributed by atoms with Crippen molar-refractivity contribution in [3.63, 3.8) is 0 Å². The SMILES string of the molecule is CCN(C(=O)n1c(=O)nc(N(CC)c2ccccc2)oc1=O)c1ccccc1. The lowest BCUT2D eigenvalue weighted by atomic mass is 10.3. The number of carbonyl (C=O) groups excluding carboxylic acids is 1. The molecule has 0 saturated carbocycles. The maximum atomic E-state index is 12.8. The van der Waals surface area contributed by atoms with E-state index in [0.717, 1.165) is 0 Å². The second kappa shape index (κ2) is 8.34. The van der Waals surface area contributed by atoms with E-state index in [-0.39, 0.29) is 12.6 Å². The van der Waals surface area contributed by atoms with Gasteiger partial charge in [-0.15, -0.1) is 9.55 Å². The van der Waals surface area contributed by atoms with E-state index in [9.17, 15) is 14.4 Å². The van der Waals surface area contributed by atoms with Crippen molar-refractivity contribution in [1.29, 1.82) is 0 Å². The summed E-state index contributed by atoms with van der Waals surface area (Å²) in [5.74, 6) is -1.08. The first-order valence-corrected chi connectivity index (χ1v) is 8.90. The molecule has 0 saturated heterocycles. The van der Waals surface area contributed by atoms with Gasteiger partial charge in [0, 0.05) is 24.5 Å². The van der Waals surface area contributed by atoms with Gasteiger partial charge in [0.1, 0.15) is 0 Å². The van der Waals surface area contributed by atoms with Crippen molar-refractivity contribution in [1.82, 2.24) is 9.55 Å². The molecule has 1 amide bonds. The Morgan fingerprint density at radius 2 is 1.50 bits per heavy atom. The van der Waals surface area contributed by atoms with Gasteiger partial charge in [-0.05, 0) is 38.1 Å². The fourth-order valence-corrected chi connectivity index (χ4v) is 2.82. The summed E-state index contributed by atoms with van der Waals surface area (Å²) in [7, 11) is 0. The topological polar surface area (TPSA) is 88.7 Å². The van der Waals surface area contributed by atoms with Gasteiger partial charge >= 0.3 is 23.5 Å². The summed E-state index contributed by atoms with van der Waals surface area (Å²) >= 11 is 0. The van der Waals surface area contributed by atoms with E-state index in [1.807, 2.05) is 31.2 Å². The molecule has 0 N–H and O–H groups in total. The molecule has 0 aliphatic rings. The van der Waals surface area contributed by atoms with Crippen molar-refractivity contribution < 1.29 is 9.21 Å². The van der Waals surface area contributed by atoms with Gasteiger partial charge < -0.3 is 4.42 Å². The van der Waals surface area contributed by atoms with Crippen LogP contribution < -0.4 is 21.2 Å². The summed E-state index contributed by atoms with van der Waals surface area (Å²) in [4.78, 5) is 44.5. The van der Waals surface area contributed by atoms with E-state index in [1.54, 1.807) is 48.2 Å². The molecule has 3 aromatic rings. The van der Waals surface area contributed by atoms with Gasteiger partial charge in [0.05, 0.1) is 0 Å². The van der Waals surface area contributed by atoms with Crippen LogP contribution in [0.15, 0.2) is 74.7 Å². The predicted octanol–water partition coefficient (Wildman–Crippen LogP) is 2.85. The minimum Gasteiger partial charge on any atom is -0.374 e. The Kier molecular flexibility index (Phi) is 5.69. The number of anilines is 3. The van der Waals surface area contributed by atoms with Gasteiger partial charge in [-0.25, -0.2) is 14.4 Å². The van der Waals surface area contributed by atoms with Crippen LogP contribution in [0.3, 0.4) is 0 Å². The fraction of sp³-hybridized carbons (Fsp3) is 0.200. The number of nitrogens with zero attached hydrogens (tertiary/aromatic N) is 4. The number of para-hydroxylation sites is 2. The summed E-state index contributed by atoms with van der Waals surface area (Å²) in [6.45, 7) is 4.26. The molecule has 28 heavy (non-hydrogen) atoms. The molecule has 0 atom stereocenters. The Morgan fingerprint density at radius 1 is 0.929 bits per heavy atom. The Bertz CT molecular complexity index is 1030. The lowest BCUT2D eigenvalue weighted by molar-refractivity contribution is 0.242. The van der Waals surface area contributed by atoms with Crippen LogP contribution in [0.5, 0.6) is 0 Å². The first-order chi connectivity index (χ1) is 13.6. The van der Waals surface area contributed by atoms with E-state index < -0.39 is 17.5 Å². The Balaban J connectivity index is 2.02. The molecule has 0 spiro atoms. The van der Waals surface area contributed by atoms with Crippen LogP contribution in [0.4, 0.5) is 22.2 Å². The lowest BCUT2D eigenvalue weighted by Crippen LogP contribution is -2.47. The van der Waals surface area contributed by atoms with Crippen molar-refractivity contribution in [3.8, 4) is 0 Å². The highest BCUT2D eigenvalue weighted by atomic mass is 16.4. The first-order valence-electron chi connectivity index (χ1n) is 8.90. The van der Waals surface area contributed by atoms with Gasteiger partial charge in [-0.1, -0.05) is 36.4 Å². The summed E-state index contributed by atoms with van der Waals surface area (Å²) in [5, 5.41) is 0. The van der Waals surface area contributed by atoms with Crippen LogP contribution in [0.2, 0.25) is 0 Å². The standard InChI is InChI=1S/C20H20N4O4/c1-3-22(15-11-7-5-8-12-15)18-21-17(25)24(20(27)28-18)19(26)23(4-2)16-13-9-6-10-14-16/h5-14H,3-4H2,1-2H3. The Morgan fingerprint density at radius 3 is 2.00 bits per heavy atom. The van der Waals surface area contributed by atoms with Crippen molar-refractivity contribution in [3.05, 3.63) is 81.7 Å². The highest BCUT2D eigenvalue weighted by Gasteiger charge is 2.23. The van der Waals surface area contributed by atoms with Crippen LogP contribution in [0.25, 0.3) is 0 Å². The molecule has 0 fully saturated rings. The largest absolute Gasteiger partial charge is 0.434 e. The molecule has 0 aliphatic heterocycles. The molecule has 1 aromatic heterocycles. The second-order valence-electron chi connectivity index (χ2n) is 5.82. The Labute approximate surface area is 161 Å². The second-order valence-corrected chi connectivity index (χ2v) is 5.82. The molecule has 144 valence electrons. The van der Waals surface area contributed by atoms with E-state index in [4.69, 9.17) is 4.42 Å². The third-order valence-corrected chi connectivity index (χ3v) is 4.17. The number of hydrogen-bond donors (Lipinski definition) is 0. The highest BCUT2D eigenvalue weighted by molar-refractivity contribution is 5.93. The number of rotatable bonds is 5. The molecular weight excluding hydrogens is 360 g/mol. The summed E-state index contributed by atoms with van der Waals surface area (Å²) in [6.07, 6.45) is 0. The van der Waals surface area contributed by atoms with Crippen molar-refractivity contribution in [2.75, 3.05) is 22.9 Å². The third-order valence-electron chi connectivity index (χ3n) is 4.17. The minimum atomic E-state index is -1.08. The van der Waals surface area contributed by atoms with Crippen LogP contribution in [-0.4, -0.2) is 28.7 Å². The maximum absolute atomic E-state index is 12.8. The number of hydrogen-bond acceptors (Lipinski definition) is 6. The van der Waals surface area contributed by atoms with Crippen LogP contribution >= 0.6 is 0 Å². The number of carbonyl (C=O) groups is 1. The van der Waals surface area contributed by atoms with Gasteiger partial charge in [-0.3, -0.25) is 9.80 Å². The molecule has 0 aliphatic carbocycles. The fourth-order valence-electron chi connectivity index (χ4n) is 2.82. The molecular formula is C20H20N4O4. The summed E-state index contributed by atoms with van der Waals surface area (Å²) in [6, 6.07) is 16.9. The smallest absolute Gasteiger partial charge is 0.374 e. The predicted molar refractivity (Wildman–Crippen MR) is 106 cm³/mol. The average molecular weight is 380 g/mol. The average Bonchev–Trinajstić information content (AvgIpc) is 2.70. The lowest BCUT2D eigenvalue weighted by Gasteiger charge is -2.22. The van der Waals surface area contributed by atoms with E-state index >= 15 is 0 Å². The van der Waals surface area contributed by atoms with E-state index in [2.05, 4.69) is 4.98 Å². The zero-order chi connectivity index (χ0) is 20.1. The van der Waals surface area contributed by atoms with E-state index in [0.29, 0.717) is 22.5 Å².